The van der Waals surface area contributed by atoms with Gasteiger partial charge in [0.05, 0.1) is 0 Å². The highest BCUT2D eigenvalue weighted by molar-refractivity contribution is 6.22. The van der Waals surface area contributed by atoms with Crippen LogP contribution in [0.15, 0.2) is 30.3 Å². The lowest BCUT2D eigenvalue weighted by Crippen LogP contribution is -2.41. The molecule has 0 bridgehead atoms. The minimum absolute atomic E-state index is 0.132. The van der Waals surface area contributed by atoms with Gasteiger partial charge in [-0.15, -0.1) is 0 Å². The van der Waals surface area contributed by atoms with Gasteiger partial charge in [-0.05, 0) is 12.1 Å². The second kappa shape index (κ2) is 4.53. The number of amides is 1. The zero-order chi connectivity index (χ0) is 11.5. The monoisotopic (exact) mass is 237 g/mol. The van der Waals surface area contributed by atoms with Gasteiger partial charge in [-0.25, -0.2) is 0 Å². The van der Waals surface area contributed by atoms with Crippen molar-refractivity contribution in [1.29, 1.82) is 0 Å². The summed E-state index contributed by atoms with van der Waals surface area (Å²) in [5.74, 6) is -0.854. The van der Waals surface area contributed by atoms with Crippen molar-refractivity contribution in [2.45, 2.75) is 11.7 Å². The van der Waals surface area contributed by atoms with Crippen LogP contribution in [-0.2, 0) is 0 Å². The van der Waals surface area contributed by atoms with E-state index in [0.29, 0.717) is 0 Å². The standard InChI is InChI=1S/C9H7ClF3NO/c10-8(9(11,12)13)14-7(15)6-4-2-1-3-5-6/h1-5,8H,(H,14,15). The van der Waals surface area contributed by atoms with Gasteiger partial charge < -0.3 is 5.32 Å². The van der Waals surface area contributed by atoms with Crippen LogP contribution in [0.4, 0.5) is 13.2 Å². The number of halogens is 4. The average molecular weight is 238 g/mol. The molecule has 0 saturated heterocycles. The van der Waals surface area contributed by atoms with E-state index in [2.05, 4.69) is 0 Å². The molecular weight excluding hydrogens is 231 g/mol. The van der Waals surface area contributed by atoms with Crippen molar-refractivity contribution in [1.82, 2.24) is 5.32 Å². The van der Waals surface area contributed by atoms with E-state index in [9.17, 15) is 18.0 Å². The van der Waals surface area contributed by atoms with E-state index < -0.39 is 17.6 Å². The third-order valence-corrected chi connectivity index (χ3v) is 1.94. The van der Waals surface area contributed by atoms with Crippen molar-refractivity contribution >= 4 is 17.5 Å². The summed E-state index contributed by atoms with van der Waals surface area (Å²) in [5.41, 5.74) is -2.24. The number of carbonyl (C=O) groups excluding carboxylic acids is 1. The summed E-state index contributed by atoms with van der Waals surface area (Å²) in [6, 6.07) is 7.54. The van der Waals surface area contributed by atoms with Crippen LogP contribution >= 0.6 is 11.6 Å². The molecule has 2 nitrogen and oxygen atoms in total. The second-order valence-corrected chi connectivity index (χ2v) is 3.18. The van der Waals surface area contributed by atoms with E-state index in [-0.39, 0.29) is 5.56 Å². The molecule has 0 saturated carbocycles. The maximum Gasteiger partial charge on any atom is 0.422 e. The molecule has 1 rings (SSSR count). The molecule has 1 atom stereocenters. The zero-order valence-corrected chi connectivity index (χ0v) is 8.14. The van der Waals surface area contributed by atoms with Crippen LogP contribution < -0.4 is 5.32 Å². The topological polar surface area (TPSA) is 29.1 Å². The van der Waals surface area contributed by atoms with Gasteiger partial charge in [0, 0.05) is 5.56 Å². The number of nitrogens with one attached hydrogen (secondary N) is 1. The SMILES string of the molecule is O=C(NC(Cl)C(F)(F)F)c1ccccc1. The molecule has 0 aromatic heterocycles. The molecule has 1 unspecified atom stereocenters. The first kappa shape index (κ1) is 11.8. The normalized spacial score (nSPS) is 13.3. The maximum atomic E-state index is 12.0. The van der Waals surface area contributed by atoms with Gasteiger partial charge in [0.25, 0.3) is 5.91 Å². The highest BCUT2D eigenvalue weighted by atomic mass is 35.5. The molecule has 82 valence electrons. The summed E-state index contributed by atoms with van der Waals surface area (Å²) < 4.78 is 35.9. The Morgan fingerprint density at radius 3 is 2.27 bits per heavy atom. The number of benzene rings is 1. The molecule has 6 heteroatoms. The van der Waals surface area contributed by atoms with Crippen molar-refractivity contribution in [3.8, 4) is 0 Å². The Balaban J connectivity index is 2.65. The van der Waals surface area contributed by atoms with Crippen LogP contribution in [0.3, 0.4) is 0 Å². The predicted molar refractivity (Wildman–Crippen MR) is 49.6 cm³/mol. The zero-order valence-electron chi connectivity index (χ0n) is 7.38. The van der Waals surface area contributed by atoms with Crippen molar-refractivity contribution in [2.75, 3.05) is 0 Å². The second-order valence-electron chi connectivity index (χ2n) is 2.74. The molecule has 15 heavy (non-hydrogen) atoms. The Labute approximate surface area is 89.0 Å². The maximum absolute atomic E-state index is 12.0. The summed E-state index contributed by atoms with van der Waals surface area (Å²) in [5, 5.41) is 1.64. The molecule has 0 spiro atoms. The number of alkyl halides is 4. The lowest BCUT2D eigenvalue weighted by molar-refractivity contribution is -0.134. The van der Waals surface area contributed by atoms with Gasteiger partial charge in [0.15, 0.2) is 0 Å². The van der Waals surface area contributed by atoms with Crippen LogP contribution in [-0.4, -0.2) is 17.6 Å². The summed E-state index contributed by atoms with van der Waals surface area (Å²) in [6.45, 7) is 0. The Morgan fingerprint density at radius 1 is 1.27 bits per heavy atom. The van der Waals surface area contributed by atoms with Crippen LogP contribution in [0.5, 0.6) is 0 Å². The van der Waals surface area contributed by atoms with Gasteiger partial charge >= 0.3 is 6.18 Å². The summed E-state index contributed by atoms with van der Waals surface area (Å²) in [4.78, 5) is 11.2. The molecule has 1 N–H and O–H groups in total. The highest BCUT2D eigenvalue weighted by Gasteiger charge is 2.39. The first-order valence-electron chi connectivity index (χ1n) is 3.98. The van der Waals surface area contributed by atoms with E-state index in [1.807, 2.05) is 0 Å². The number of carbonyl (C=O) groups is 1. The molecule has 0 aliphatic heterocycles. The van der Waals surface area contributed by atoms with Crippen molar-refractivity contribution in [3.05, 3.63) is 35.9 Å². The molecular formula is C9H7ClF3NO. The van der Waals surface area contributed by atoms with Gasteiger partial charge in [-0.1, -0.05) is 29.8 Å². The minimum Gasteiger partial charge on any atom is -0.328 e. The Kier molecular flexibility index (Phi) is 3.57. The minimum atomic E-state index is -4.65. The highest BCUT2D eigenvalue weighted by Crippen LogP contribution is 2.22. The summed E-state index contributed by atoms with van der Waals surface area (Å²) in [7, 11) is 0. The third kappa shape index (κ3) is 3.43. The molecule has 0 aliphatic rings. The Morgan fingerprint density at radius 2 is 1.80 bits per heavy atom. The van der Waals surface area contributed by atoms with Crippen molar-refractivity contribution in [2.24, 2.45) is 0 Å². The van der Waals surface area contributed by atoms with Gasteiger partial charge in [0.1, 0.15) is 0 Å². The van der Waals surface area contributed by atoms with Gasteiger partial charge in [-0.3, -0.25) is 4.79 Å². The smallest absolute Gasteiger partial charge is 0.328 e. The molecule has 0 aliphatic carbocycles. The number of rotatable bonds is 2. The summed E-state index contributed by atoms with van der Waals surface area (Å²) in [6.07, 6.45) is -4.65. The number of hydrogen-bond acceptors (Lipinski definition) is 1. The largest absolute Gasteiger partial charge is 0.422 e. The molecule has 0 heterocycles. The van der Waals surface area contributed by atoms with E-state index in [1.54, 1.807) is 23.5 Å². The molecule has 1 aromatic rings. The lowest BCUT2D eigenvalue weighted by Gasteiger charge is -2.14. The van der Waals surface area contributed by atoms with E-state index in [0.717, 1.165) is 0 Å². The van der Waals surface area contributed by atoms with Crippen molar-refractivity contribution in [3.63, 3.8) is 0 Å². The lowest BCUT2D eigenvalue weighted by atomic mass is 10.2. The molecule has 0 radical (unpaired) electrons. The fourth-order valence-electron chi connectivity index (χ4n) is 0.870. The van der Waals surface area contributed by atoms with E-state index >= 15 is 0 Å². The quantitative estimate of drug-likeness (QED) is 0.622. The fourth-order valence-corrected chi connectivity index (χ4v) is 0.969. The van der Waals surface area contributed by atoms with Crippen LogP contribution in [0, 0.1) is 0 Å². The first-order chi connectivity index (χ1) is 6.91. The molecule has 1 amide bonds. The third-order valence-electron chi connectivity index (χ3n) is 1.58. The Hall–Kier alpha value is -1.23. The van der Waals surface area contributed by atoms with Crippen LogP contribution in [0.2, 0.25) is 0 Å². The number of hydrogen-bond donors (Lipinski definition) is 1. The van der Waals surface area contributed by atoms with Crippen LogP contribution in [0.25, 0.3) is 0 Å². The first-order valence-corrected chi connectivity index (χ1v) is 4.41. The average Bonchev–Trinajstić information content (AvgIpc) is 2.17. The fraction of sp³-hybridized carbons (Fsp3) is 0.222. The predicted octanol–water partition coefficient (Wildman–Crippen LogP) is 2.54. The Bertz CT molecular complexity index is 339. The van der Waals surface area contributed by atoms with Crippen molar-refractivity contribution < 1.29 is 18.0 Å². The van der Waals surface area contributed by atoms with E-state index in [1.165, 1.54) is 12.1 Å². The molecule has 1 aromatic carbocycles. The molecule has 0 fully saturated rings. The van der Waals surface area contributed by atoms with Gasteiger partial charge in [-0.2, -0.15) is 13.2 Å². The summed E-state index contributed by atoms with van der Waals surface area (Å²) >= 11 is 4.94. The van der Waals surface area contributed by atoms with Gasteiger partial charge in [0.2, 0.25) is 5.50 Å². The van der Waals surface area contributed by atoms with E-state index in [4.69, 9.17) is 11.6 Å². The van der Waals surface area contributed by atoms with Crippen LogP contribution in [0.1, 0.15) is 10.4 Å².